The first-order valence-electron chi connectivity index (χ1n) is 8.22. The van der Waals surface area contributed by atoms with E-state index in [9.17, 15) is 0 Å². The maximum atomic E-state index is 5.44. The summed E-state index contributed by atoms with van der Waals surface area (Å²) in [5.74, 6) is 2.66. The molecule has 0 N–H and O–H groups in total. The van der Waals surface area contributed by atoms with E-state index in [-0.39, 0.29) is 0 Å². The van der Waals surface area contributed by atoms with Gasteiger partial charge in [0.05, 0.1) is 21.3 Å². The molecule has 3 rings (SSSR count). The summed E-state index contributed by atoms with van der Waals surface area (Å²) in [7, 11) is 5.16. The molecule has 0 amide bonds. The molecule has 0 saturated heterocycles. The van der Waals surface area contributed by atoms with Crippen molar-refractivity contribution in [2.45, 2.75) is 0 Å². The van der Waals surface area contributed by atoms with Crippen LogP contribution in [-0.4, -0.2) is 21.3 Å². The van der Waals surface area contributed by atoms with E-state index in [0.29, 0.717) is 8.27 Å². The van der Waals surface area contributed by atoms with E-state index in [1.54, 1.807) is 21.3 Å². The van der Waals surface area contributed by atoms with Gasteiger partial charge in [0.15, 0.2) is 0 Å². The summed E-state index contributed by atoms with van der Waals surface area (Å²) >= 11 is 0. The minimum Gasteiger partial charge on any atom is -0.497 e. The molecular weight excluding hydrogens is 362 g/mol. The van der Waals surface area contributed by atoms with Gasteiger partial charge in [-0.1, -0.05) is 44.7 Å². The molecule has 0 saturated carbocycles. The van der Waals surface area contributed by atoms with Crippen molar-refractivity contribution >= 4 is 31.8 Å². The van der Waals surface area contributed by atoms with Crippen LogP contribution in [0.15, 0.2) is 72.8 Å². The first-order chi connectivity index (χ1) is 12.7. The first kappa shape index (κ1) is 18.7. The topological polar surface area (TPSA) is 27.7 Å². The van der Waals surface area contributed by atoms with Crippen molar-refractivity contribution in [1.82, 2.24) is 0 Å². The van der Waals surface area contributed by atoms with Gasteiger partial charge in [0.2, 0.25) is 0 Å². The summed E-state index contributed by atoms with van der Waals surface area (Å²) < 4.78 is 16.3. The Balaban J connectivity index is 2.02. The third-order valence-electron chi connectivity index (χ3n) is 3.93. The second-order valence-electron chi connectivity index (χ2n) is 5.58. The molecule has 0 aliphatic carbocycles. The number of hydrogen-bond acceptors (Lipinski definition) is 3. The minimum absolute atomic E-state index is 0.576. The number of hydrogen-bond donors (Lipinski definition) is 0. The van der Waals surface area contributed by atoms with Crippen LogP contribution >= 0.6 is 15.9 Å². The van der Waals surface area contributed by atoms with E-state index in [1.807, 2.05) is 24.3 Å². The van der Waals surface area contributed by atoms with Crippen LogP contribution in [0.25, 0.3) is 0 Å². The highest BCUT2D eigenvalue weighted by molar-refractivity contribution is 8.31. The van der Waals surface area contributed by atoms with Crippen LogP contribution in [0.1, 0.15) is 0 Å². The molecular formula is C21H22O3P2. The van der Waals surface area contributed by atoms with Gasteiger partial charge in [0, 0.05) is 0 Å². The van der Waals surface area contributed by atoms with E-state index in [1.165, 1.54) is 15.9 Å². The molecule has 1 unspecified atom stereocenters. The molecule has 5 heteroatoms. The smallest absolute Gasteiger partial charge is 0.119 e. The Labute approximate surface area is 157 Å². The average Bonchev–Trinajstić information content (AvgIpc) is 2.72. The first-order valence-corrected chi connectivity index (χ1v) is 11.4. The standard InChI is InChI=1S/C21H22O3P2/c1-22-16-7-4-10-19(13-16)25-26(20-11-5-8-17(14-20)23-2)21-12-6-9-18(15-21)24-3/h4-15,25H,1-3H3. The maximum Gasteiger partial charge on any atom is 0.119 e. The monoisotopic (exact) mass is 384 g/mol. The number of benzene rings is 3. The molecule has 0 aliphatic rings. The van der Waals surface area contributed by atoms with Gasteiger partial charge < -0.3 is 14.2 Å². The fraction of sp³-hybridized carbons (Fsp3) is 0.143. The van der Waals surface area contributed by atoms with Gasteiger partial charge in [-0.05, 0) is 59.9 Å². The fourth-order valence-electron chi connectivity index (χ4n) is 2.60. The molecule has 0 aromatic heterocycles. The zero-order valence-corrected chi connectivity index (χ0v) is 17.0. The molecule has 3 aromatic rings. The Morgan fingerprint density at radius 2 is 1.08 bits per heavy atom. The lowest BCUT2D eigenvalue weighted by atomic mass is 10.3. The Morgan fingerprint density at radius 3 is 1.58 bits per heavy atom. The molecule has 3 aromatic carbocycles. The summed E-state index contributed by atoms with van der Waals surface area (Å²) in [5, 5.41) is 3.85. The van der Waals surface area contributed by atoms with E-state index in [4.69, 9.17) is 14.2 Å². The van der Waals surface area contributed by atoms with Gasteiger partial charge in [-0.15, -0.1) is 0 Å². The number of ether oxygens (including phenoxy) is 3. The molecule has 3 nitrogen and oxygen atoms in total. The Kier molecular flexibility index (Phi) is 6.50. The molecule has 0 spiro atoms. The van der Waals surface area contributed by atoms with Crippen LogP contribution in [0.3, 0.4) is 0 Å². The SMILES string of the molecule is COc1cccc(PP(c2cccc(OC)c2)c2cccc(OC)c2)c1. The van der Waals surface area contributed by atoms with Crippen molar-refractivity contribution in [3.63, 3.8) is 0 Å². The summed E-state index contributed by atoms with van der Waals surface area (Å²) in [6, 6.07) is 25.0. The molecule has 0 bridgehead atoms. The normalized spacial score (nSPS) is 11.1. The summed E-state index contributed by atoms with van der Waals surface area (Å²) in [6.45, 7) is 0. The minimum atomic E-state index is -0.576. The molecule has 1 atom stereocenters. The van der Waals surface area contributed by atoms with E-state index in [0.717, 1.165) is 17.2 Å². The van der Waals surface area contributed by atoms with Gasteiger partial charge >= 0.3 is 0 Å². The third-order valence-corrected chi connectivity index (χ3v) is 9.31. The van der Waals surface area contributed by atoms with Crippen LogP contribution in [0.2, 0.25) is 0 Å². The summed E-state index contributed by atoms with van der Waals surface area (Å²) in [5.41, 5.74) is 0. The van der Waals surface area contributed by atoms with Crippen LogP contribution in [0.5, 0.6) is 17.2 Å². The van der Waals surface area contributed by atoms with Crippen LogP contribution in [0, 0.1) is 0 Å². The van der Waals surface area contributed by atoms with Gasteiger partial charge in [-0.25, -0.2) is 0 Å². The van der Waals surface area contributed by atoms with Crippen molar-refractivity contribution in [2.75, 3.05) is 21.3 Å². The van der Waals surface area contributed by atoms with Gasteiger partial charge in [-0.3, -0.25) is 0 Å². The van der Waals surface area contributed by atoms with Crippen LogP contribution in [-0.2, 0) is 0 Å². The van der Waals surface area contributed by atoms with Crippen molar-refractivity contribution in [2.24, 2.45) is 0 Å². The van der Waals surface area contributed by atoms with Crippen LogP contribution in [0.4, 0.5) is 0 Å². The van der Waals surface area contributed by atoms with Crippen molar-refractivity contribution in [3.8, 4) is 17.2 Å². The molecule has 0 heterocycles. The molecule has 134 valence electrons. The molecule has 0 fully saturated rings. The predicted octanol–water partition coefficient (Wildman–Crippen LogP) is 4.06. The Hall–Kier alpha value is -2.08. The second-order valence-corrected chi connectivity index (χ2v) is 10.1. The van der Waals surface area contributed by atoms with Crippen LogP contribution < -0.4 is 30.1 Å². The average molecular weight is 384 g/mol. The Morgan fingerprint density at radius 1 is 0.615 bits per heavy atom. The number of methoxy groups -OCH3 is 3. The largest absolute Gasteiger partial charge is 0.497 e. The highest BCUT2D eigenvalue weighted by atomic mass is 32.0. The second kappa shape index (κ2) is 9.03. The fourth-order valence-corrected chi connectivity index (χ4v) is 7.58. The van der Waals surface area contributed by atoms with Crippen molar-refractivity contribution in [1.29, 1.82) is 0 Å². The summed E-state index contributed by atoms with van der Waals surface area (Å²) in [6.07, 6.45) is 0. The maximum absolute atomic E-state index is 5.44. The Bertz CT molecular complexity index is 820. The molecule has 0 radical (unpaired) electrons. The zero-order valence-electron chi connectivity index (χ0n) is 15.1. The van der Waals surface area contributed by atoms with E-state index in [2.05, 4.69) is 48.5 Å². The highest BCUT2D eigenvalue weighted by Gasteiger charge is 2.16. The predicted molar refractivity (Wildman–Crippen MR) is 113 cm³/mol. The lowest BCUT2D eigenvalue weighted by Crippen LogP contribution is -2.11. The third kappa shape index (κ3) is 4.55. The van der Waals surface area contributed by atoms with Gasteiger partial charge in [0.25, 0.3) is 0 Å². The highest BCUT2D eigenvalue weighted by Crippen LogP contribution is 2.53. The molecule has 26 heavy (non-hydrogen) atoms. The lowest BCUT2D eigenvalue weighted by Gasteiger charge is -2.20. The van der Waals surface area contributed by atoms with Crippen molar-refractivity contribution in [3.05, 3.63) is 72.8 Å². The quantitative estimate of drug-likeness (QED) is 0.575. The van der Waals surface area contributed by atoms with Gasteiger partial charge in [-0.2, -0.15) is 0 Å². The van der Waals surface area contributed by atoms with E-state index >= 15 is 0 Å². The van der Waals surface area contributed by atoms with Gasteiger partial charge in [0.1, 0.15) is 17.2 Å². The zero-order chi connectivity index (χ0) is 18.4. The van der Waals surface area contributed by atoms with E-state index < -0.39 is 7.61 Å². The molecule has 0 aliphatic heterocycles. The lowest BCUT2D eigenvalue weighted by molar-refractivity contribution is 0.415. The summed E-state index contributed by atoms with van der Waals surface area (Å²) in [4.78, 5) is 0. The van der Waals surface area contributed by atoms with Crippen molar-refractivity contribution < 1.29 is 14.2 Å². The number of rotatable bonds is 7.